The quantitative estimate of drug-likeness (QED) is 0.367. The lowest BCUT2D eigenvalue weighted by molar-refractivity contribution is 0.0946. The van der Waals surface area contributed by atoms with Gasteiger partial charge in [0.05, 0.1) is 41.3 Å². The number of hydrogen-bond donors (Lipinski definition) is 2. The van der Waals surface area contributed by atoms with Crippen LogP contribution < -0.4 is 10.6 Å². The Morgan fingerprint density at radius 1 is 1.31 bits per heavy atom. The minimum absolute atomic E-state index is 0.0382. The highest BCUT2D eigenvalue weighted by Crippen LogP contribution is 2.32. The number of allylic oxidation sites excluding steroid dienone is 1. The number of aromatic nitrogens is 6. The van der Waals surface area contributed by atoms with E-state index in [0.717, 1.165) is 28.9 Å². The number of rotatable bonds is 7. The molecule has 12 heteroatoms. The summed E-state index contributed by atoms with van der Waals surface area (Å²) in [6.45, 7) is 13.3. The highest BCUT2D eigenvalue weighted by molar-refractivity contribution is 5.97. The number of carbonyl (C=O) groups is 1. The van der Waals surface area contributed by atoms with Gasteiger partial charge in [0.15, 0.2) is 0 Å². The maximum absolute atomic E-state index is 14.7. The molecule has 1 amide bonds. The normalized spacial score (nSPS) is 18.4. The molecule has 11 nitrogen and oxygen atoms in total. The van der Waals surface area contributed by atoms with Crippen molar-refractivity contribution in [2.45, 2.75) is 58.4 Å². The fourth-order valence-corrected chi connectivity index (χ4v) is 4.67. The highest BCUT2D eigenvalue weighted by Gasteiger charge is 2.29. The van der Waals surface area contributed by atoms with Crippen molar-refractivity contribution in [3.8, 4) is 5.95 Å². The number of amides is 1. The molecule has 1 aromatic carbocycles. The molecular weight excluding hydrogens is 501 g/mol. The molecule has 0 aliphatic carbocycles. The van der Waals surface area contributed by atoms with Crippen molar-refractivity contribution >= 4 is 28.1 Å². The largest absolute Gasteiger partial charge is 0.377 e. The fraction of sp³-hybridized carbons (Fsp3) is 0.444. The molecule has 2 N–H and O–H groups in total. The number of nitrogens with one attached hydrogen (secondary N) is 2. The van der Waals surface area contributed by atoms with Gasteiger partial charge in [-0.3, -0.25) is 9.48 Å². The SMILES string of the molecule is C=C(C)c1c2cccc(N[C@@H]3CCN(C)C[C@@H]3F)c2nn1-c1noc(CNC(=O)c2cnn(C(C)(C)C)c2)n1. The zero-order valence-corrected chi connectivity index (χ0v) is 22.9. The lowest BCUT2D eigenvalue weighted by Gasteiger charge is -2.33. The number of anilines is 1. The Kier molecular flexibility index (Phi) is 6.98. The van der Waals surface area contributed by atoms with Gasteiger partial charge in [0.2, 0.25) is 5.89 Å². The molecular formula is C27H34FN9O2. The minimum atomic E-state index is -0.987. The minimum Gasteiger partial charge on any atom is -0.377 e. The first-order valence-corrected chi connectivity index (χ1v) is 12.9. The molecule has 3 aromatic heterocycles. The summed E-state index contributed by atoms with van der Waals surface area (Å²) in [5.41, 5.74) is 3.08. The van der Waals surface area contributed by atoms with Crippen LogP contribution >= 0.6 is 0 Å². The van der Waals surface area contributed by atoms with Crippen LogP contribution in [0.15, 0.2) is 41.7 Å². The number of likely N-dealkylation sites (tertiary alicyclic amines) is 1. The Balaban J connectivity index is 1.37. The number of halogens is 1. The smallest absolute Gasteiger partial charge is 0.291 e. The second-order valence-electron chi connectivity index (χ2n) is 11.1. The summed E-state index contributed by atoms with van der Waals surface area (Å²) >= 11 is 0. The fourth-order valence-electron chi connectivity index (χ4n) is 4.67. The molecule has 0 spiro atoms. The summed E-state index contributed by atoms with van der Waals surface area (Å²) in [5.74, 6) is 0.134. The van der Waals surface area contributed by atoms with Crippen LogP contribution in [0.1, 0.15) is 56.1 Å². The van der Waals surface area contributed by atoms with E-state index in [1.165, 1.54) is 6.20 Å². The van der Waals surface area contributed by atoms with Crippen LogP contribution in [-0.4, -0.2) is 72.9 Å². The first-order valence-electron chi connectivity index (χ1n) is 12.9. The number of hydrogen-bond acceptors (Lipinski definition) is 8. The second-order valence-corrected chi connectivity index (χ2v) is 11.1. The topological polar surface area (TPSA) is 119 Å². The number of nitrogens with zero attached hydrogens (tertiary/aromatic N) is 7. The molecule has 0 unspecified atom stereocenters. The molecule has 5 rings (SSSR count). The van der Waals surface area contributed by atoms with Gasteiger partial charge in [-0.25, -0.2) is 4.39 Å². The van der Waals surface area contributed by atoms with Gasteiger partial charge in [0, 0.05) is 24.7 Å². The third-order valence-electron chi connectivity index (χ3n) is 6.77. The van der Waals surface area contributed by atoms with Gasteiger partial charge < -0.3 is 20.1 Å². The van der Waals surface area contributed by atoms with E-state index >= 15 is 0 Å². The number of piperidine rings is 1. The number of benzene rings is 1. The van der Waals surface area contributed by atoms with Gasteiger partial charge in [0.25, 0.3) is 11.9 Å². The Bertz CT molecular complexity index is 1510. The Hall–Kier alpha value is -4.06. The van der Waals surface area contributed by atoms with E-state index in [4.69, 9.17) is 9.62 Å². The van der Waals surface area contributed by atoms with E-state index in [0.29, 0.717) is 24.0 Å². The first-order chi connectivity index (χ1) is 18.5. The van der Waals surface area contributed by atoms with Crippen LogP contribution in [0, 0.1) is 0 Å². The predicted octanol–water partition coefficient (Wildman–Crippen LogP) is 3.78. The monoisotopic (exact) mass is 535 g/mol. The van der Waals surface area contributed by atoms with E-state index in [2.05, 4.69) is 32.5 Å². The zero-order chi connectivity index (χ0) is 27.9. The van der Waals surface area contributed by atoms with Crippen molar-refractivity contribution < 1.29 is 13.7 Å². The molecule has 2 atom stereocenters. The molecule has 1 fully saturated rings. The zero-order valence-electron chi connectivity index (χ0n) is 22.9. The molecule has 39 heavy (non-hydrogen) atoms. The van der Waals surface area contributed by atoms with Crippen LogP contribution in [0.4, 0.5) is 10.1 Å². The number of alkyl halides is 1. The third kappa shape index (κ3) is 5.42. The second kappa shape index (κ2) is 10.3. The molecule has 1 aliphatic heterocycles. The molecule has 4 heterocycles. The lowest BCUT2D eigenvalue weighted by Crippen LogP contribution is -2.46. The number of carbonyl (C=O) groups excluding carboxylic acids is 1. The third-order valence-corrected chi connectivity index (χ3v) is 6.77. The van der Waals surface area contributed by atoms with Crippen LogP contribution in [0.3, 0.4) is 0 Å². The summed E-state index contributed by atoms with van der Waals surface area (Å²) in [6.07, 6.45) is 2.93. The van der Waals surface area contributed by atoms with Gasteiger partial charge in [-0.05, 0) is 58.0 Å². The summed E-state index contributed by atoms with van der Waals surface area (Å²) in [5, 5.41) is 20.1. The average Bonchev–Trinajstić information content (AvgIpc) is 3.62. The van der Waals surface area contributed by atoms with Crippen LogP contribution in [-0.2, 0) is 12.1 Å². The average molecular weight is 536 g/mol. The van der Waals surface area contributed by atoms with Crippen molar-refractivity contribution in [3.05, 3.63) is 54.3 Å². The van der Waals surface area contributed by atoms with Crippen LogP contribution in [0.2, 0.25) is 0 Å². The maximum atomic E-state index is 14.7. The van der Waals surface area contributed by atoms with Crippen molar-refractivity contribution in [2.24, 2.45) is 0 Å². The van der Waals surface area contributed by atoms with Crippen molar-refractivity contribution in [1.29, 1.82) is 0 Å². The molecule has 1 saturated heterocycles. The molecule has 0 bridgehead atoms. The Morgan fingerprint density at radius 2 is 2.10 bits per heavy atom. The van der Waals surface area contributed by atoms with E-state index < -0.39 is 6.17 Å². The molecule has 4 aromatic rings. The van der Waals surface area contributed by atoms with Gasteiger partial charge in [-0.15, -0.1) is 0 Å². The summed E-state index contributed by atoms with van der Waals surface area (Å²) < 4.78 is 23.5. The molecule has 1 aliphatic rings. The van der Waals surface area contributed by atoms with Crippen molar-refractivity contribution in [2.75, 3.05) is 25.5 Å². The van der Waals surface area contributed by atoms with Gasteiger partial charge in [-0.2, -0.15) is 19.9 Å². The highest BCUT2D eigenvalue weighted by atomic mass is 19.1. The summed E-state index contributed by atoms with van der Waals surface area (Å²) in [4.78, 5) is 19.1. The predicted molar refractivity (Wildman–Crippen MR) is 146 cm³/mol. The molecule has 0 saturated carbocycles. The van der Waals surface area contributed by atoms with Gasteiger partial charge in [-0.1, -0.05) is 18.7 Å². The van der Waals surface area contributed by atoms with Crippen LogP contribution in [0.25, 0.3) is 22.4 Å². The van der Waals surface area contributed by atoms with E-state index in [1.807, 2.05) is 57.8 Å². The van der Waals surface area contributed by atoms with Gasteiger partial charge >= 0.3 is 0 Å². The van der Waals surface area contributed by atoms with Gasteiger partial charge in [0.1, 0.15) is 11.7 Å². The van der Waals surface area contributed by atoms with Crippen molar-refractivity contribution in [3.63, 3.8) is 0 Å². The summed E-state index contributed by atoms with van der Waals surface area (Å²) in [6, 6.07) is 5.44. The lowest BCUT2D eigenvalue weighted by atomic mass is 10.0. The standard InChI is InChI=1S/C27H34FN9O2/c1-16(2)24-18-8-7-9-21(31-20-10-11-35(6)15-19(20)28)23(18)33-37(24)26-32-22(39-34-26)13-29-25(38)17-12-30-36(14-17)27(3,4)5/h7-9,12,14,19-20,31H,1,10-11,13,15H2,2-6H3,(H,29,38)/t19-,20+/m0/s1. The van der Waals surface area contributed by atoms with E-state index in [1.54, 1.807) is 15.6 Å². The van der Waals surface area contributed by atoms with Crippen molar-refractivity contribution in [1.82, 2.24) is 39.9 Å². The summed E-state index contributed by atoms with van der Waals surface area (Å²) in [7, 11) is 1.93. The van der Waals surface area contributed by atoms with E-state index in [9.17, 15) is 9.18 Å². The van der Waals surface area contributed by atoms with E-state index in [-0.39, 0.29) is 35.9 Å². The Morgan fingerprint density at radius 3 is 2.79 bits per heavy atom. The molecule has 206 valence electrons. The molecule has 0 radical (unpaired) electrons. The first kappa shape index (κ1) is 26.5. The maximum Gasteiger partial charge on any atom is 0.291 e. The van der Waals surface area contributed by atoms with Crippen LogP contribution in [0.5, 0.6) is 0 Å². The number of fused-ring (bicyclic) bond motifs is 1. The Labute approximate surface area is 226 Å².